The van der Waals surface area contributed by atoms with Crippen molar-refractivity contribution in [2.75, 3.05) is 14.2 Å². The third-order valence-corrected chi connectivity index (χ3v) is 2.35. The molecule has 0 atom stereocenters. The maximum absolute atomic E-state index is 11.4. The van der Waals surface area contributed by atoms with Gasteiger partial charge in [0.15, 0.2) is 0 Å². The Morgan fingerprint density at radius 2 is 1.42 bits per heavy atom. The van der Waals surface area contributed by atoms with Crippen molar-refractivity contribution in [1.29, 1.82) is 0 Å². The summed E-state index contributed by atoms with van der Waals surface area (Å²) in [5.41, 5.74) is -0.270. The summed E-state index contributed by atoms with van der Waals surface area (Å²) >= 11 is 0. The third-order valence-electron chi connectivity index (χ3n) is 1.95. The van der Waals surface area contributed by atoms with Crippen molar-refractivity contribution >= 4 is 22.3 Å². The smallest absolute Gasteiger partial charge is 0.446 e. The van der Waals surface area contributed by atoms with Crippen LogP contribution in [-0.2, 0) is 19.9 Å². The van der Waals surface area contributed by atoms with Crippen LogP contribution in [0.4, 0.5) is 0 Å². The SMILES string of the molecule is COC(=O)c1cc(OS(=O)(=O)O)cc(C(=O)OC)c1. The minimum atomic E-state index is -4.78. The van der Waals surface area contributed by atoms with Gasteiger partial charge in [-0.3, -0.25) is 4.55 Å². The van der Waals surface area contributed by atoms with Crippen molar-refractivity contribution in [1.82, 2.24) is 0 Å². The van der Waals surface area contributed by atoms with E-state index in [1.807, 2.05) is 0 Å². The molecule has 0 saturated heterocycles. The Morgan fingerprint density at radius 3 is 1.74 bits per heavy atom. The largest absolute Gasteiger partial charge is 0.465 e. The molecule has 0 heterocycles. The molecule has 0 aliphatic heterocycles. The summed E-state index contributed by atoms with van der Waals surface area (Å²) in [6.07, 6.45) is 0. The normalized spacial score (nSPS) is 10.7. The topological polar surface area (TPSA) is 116 Å². The first-order valence-corrected chi connectivity index (χ1v) is 6.12. The monoisotopic (exact) mass is 290 g/mol. The fraction of sp³-hybridized carbons (Fsp3) is 0.200. The van der Waals surface area contributed by atoms with Crippen LogP contribution in [0.5, 0.6) is 5.75 Å². The van der Waals surface area contributed by atoms with Crippen molar-refractivity contribution in [3.8, 4) is 5.75 Å². The zero-order valence-corrected chi connectivity index (χ0v) is 10.8. The van der Waals surface area contributed by atoms with Crippen LogP contribution < -0.4 is 4.18 Å². The van der Waals surface area contributed by atoms with Gasteiger partial charge in [-0.05, 0) is 18.2 Å². The second kappa shape index (κ2) is 5.67. The second-order valence-electron chi connectivity index (χ2n) is 3.24. The first-order chi connectivity index (χ1) is 8.76. The molecule has 1 aromatic rings. The maximum Gasteiger partial charge on any atom is 0.446 e. The Morgan fingerprint density at radius 1 is 1.00 bits per heavy atom. The molecular weight excluding hydrogens is 280 g/mol. The molecule has 1 aromatic carbocycles. The Hall–Kier alpha value is -2.13. The summed E-state index contributed by atoms with van der Waals surface area (Å²) in [6.45, 7) is 0. The van der Waals surface area contributed by atoms with Gasteiger partial charge in [-0.15, -0.1) is 0 Å². The predicted octanol–water partition coefficient (Wildman–Crippen LogP) is 0.441. The molecule has 0 saturated carbocycles. The van der Waals surface area contributed by atoms with Gasteiger partial charge in [-0.25, -0.2) is 9.59 Å². The molecular formula is C10H10O8S. The van der Waals surface area contributed by atoms with Gasteiger partial charge in [0.25, 0.3) is 0 Å². The van der Waals surface area contributed by atoms with E-state index in [0.717, 1.165) is 32.4 Å². The van der Waals surface area contributed by atoms with Crippen molar-refractivity contribution in [3.05, 3.63) is 29.3 Å². The van der Waals surface area contributed by atoms with E-state index in [-0.39, 0.29) is 11.1 Å². The van der Waals surface area contributed by atoms with Crippen LogP contribution in [0.3, 0.4) is 0 Å². The van der Waals surface area contributed by atoms with E-state index in [2.05, 4.69) is 13.7 Å². The molecule has 8 nitrogen and oxygen atoms in total. The van der Waals surface area contributed by atoms with Crippen LogP contribution in [-0.4, -0.2) is 39.1 Å². The lowest BCUT2D eigenvalue weighted by Gasteiger charge is -2.07. The summed E-state index contributed by atoms with van der Waals surface area (Å²) in [4.78, 5) is 22.7. The lowest BCUT2D eigenvalue weighted by Crippen LogP contribution is -2.10. The van der Waals surface area contributed by atoms with Gasteiger partial charge in [0.05, 0.1) is 25.3 Å². The van der Waals surface area contributed by atoms with Crippen LogP contribution in [0.15, 0.2) is 18.2 Å². The molecule has 0 unspecified atom stereocenters. The molecule has 0 aliphatic carbocycles. The number of ether oxygens (including phenoxy) is 2. The van der Waals surface area contributed by atoms with E-state index in [1.54, 1.807) is 0 Å². The van der Waals surface area contributed by atoms with Crippen LogP contribution in [0.2, 0.25) is 0 Å². The van der Waals surface area contributed by atoms with Crippen molar-refractivity contribution in [2.24, 2.45) is 0 Å². The Balaban J connectivity index is 3.31. The van der Waals surface area contributed by atoms with Gasteiger partial charge >= 0.3 is 22.3 Å². The van der Waals surface area contributed by atoms with E-state index in [4.69, 9.17) is 4.55 Å². The van der Waals surface area contributed by atoms with Crippen molar-refractivity contribution < 1.29 is 36.2 Å². The number of hydrogen-bond donors (Lipinski definition) is 1. The molecule has 0 aliphatic rings. The average Bonchev–Trinajstić information content (AvgIpc) is 2.34. The lowest BCUT2D eigenvalue weighted by atomic mass is 10.1. The second-order valence-corrected chi connectivity index (χ2v) is 4.26. The van der Waals surface area contributed by atoms with Crippen LogP contribution in [0.1, 0.15) is 20.7 Å². The first-order valence-electron chi connectivity index (χ1n) is 4.75. The van der Waals surface area contributed by atoms with Gasteiger partial charge in [-0.2, -0.15) is 8.42 Å². The van der Waals surface area contributed by atoms with Gasteiger partial charge in [0.1, 0.15) is 5.75 Å². The molecule has 1 N–H and O–H groups in total. The molecule has 0 amide bonds. The number of esters is 2. The predicted molar refractivity (Wildman–Crippen MR) is 61.3 cm³/mol. The highest BCUT2D eigenvalue weighted by Crippen LogP contribution is 2.20. The van der Waals surface area contributed by atoms with E-state index in [0.29, 0.717) is 0 Å². The zero-order chi connectivity index (χ0) is 14.6. The number of benzene rings is 1. The Labute approximate surface area is 108 Å². The molecule has 0 fully saturated rings. The molecule has 0 radical (unpaired) electrons. The van der Waals surface area contributed by atoms with Gasteiger partial charge in [-0.1, -0.05) is 0 Å². The first kappa shape index (κ1) is 14.9. The van der Waals surface area contributed by atoms with E-state index < -0.39 is 28.1 Å². The summed E-state index contributed by atoms with van der Waals surface area (Å²) in [7, 11) is -2.56. The average molecular weight is 290 g/mol. The maximum atomic E-state index is 11.4. The van der Waals surface area contributed by atoms with Crippen LogP contribution in [0, 0.1) is 0 Å². The fourth-order valence-electron chi connectivity index (χ4n) is 1.24. The van der Waals surface area contributed by atoms with Crippen molar-refractivity contribution in [2.45, 2.75) is 0 Å². The Kier molecular flexibility index (Phi) is 4.46. The number of methoxy groups -OCH3 is 2. The minimum absolute atomic E-state index is 0.135. The molecule has 9 heteroatoms. The minimum Gasteiger partial charge on any atom is -0.465 e. The summed E-state index contributed by atoms with van der Waals surface area (Å²) in [5, 5.41) is 0. The highest BCUT2D eigenvalue weighted by atomic mass is 32.3. The molecule has 0 bridgehead atoms. The van der Waals surface area contributed by atoms with E-state index in [9.17, 15) is 18.0 Å². The van der Waals surface area contributed by atoms with E-state index >= 15 is 0 Å². The number of rotatable bonds is 4. The van der Waals surface area contributed by atoms with Crippen LogP contribution in [0.25, 0.3) is 0 Å². The summed E-state index contributed by atoms with van der Waals surface area (Å²) in [6, 6.07) is 3.12. The number of carbonyl (C=O) groups excluding carboxylic acids is 2. The van der Waals surface area contributed by atoms with Gasteiger partial charge in [0, 0.05) is 0 Å². The highest BCUT2D eigenvalue weighted by molar-refractivity contribution is 7.81. The van der Waals surface area contributed by atoms with Crippen molar-refractivity contribution in [3.63, 3.8) is 0 Å². The van der Waals surface area contributed by atoms with Crippen LogP contribution >= 0.6 is 0 Å². The quantitative estimate of drug-likeness (QED) is 0.627. The molecule has 0 spiro atoms. The zero-order valence-electron chi connectivity index (χ0n) is 9.95. The lowest BCUT2D eigenvalue weighted by molar-refractivity contribution is 0.0598. The summed E-state index contributed by atoms with van der Waals surface area (Å²) < 4.78 is 42.8. The Bertz CT molecular complexity index is 570. The fourth-order valence-corrected chi connectivity index (χ4v) is 1.58. The van der Waals surface area contributed by atoms with Gasteiger partial charge in [0.2, 0.25) is 0 Å². The number of hydrogen-bond acceptors (Lipinski definition) is 7. The molecule has 1 rings (SSSR count). The number of carbonyl (C=O) groups is 2. The molecule has 19 heavy (non-hydrogen) atoms. The van der Waals surface area contributed by atoms with Gasteiger partial charge < -0.3 is 13.7 Å². The highest BCUT2D eigenvalue weighted by Gasteiger charge is 2.17. The molecule has 0 aromatic heterocycles. The van der Waals surface area contributed by atoms with E-state index in [1.165, 1.54) is 0 Å². The third kappa shape index (κ3) is 4.23. The standard InChI is InChI=1S/C10H10O8S/c1-16-9(11)6-3-7(10(12)17-2)5-8(4-6)18-19(13,14)15/h3-5H,1-2H3,(H,13,14,15). The summed E-state index contributed by atoms with van der Waals surface area (Å²) in [5.74, 6) is -2.05. The molecule has 104 valence electrons.